The number of anilines is 1. The second-order valence-corrected chi connectivity index (χ2v) is 3.18. The maximum atomic E-state index is 5.37. The molecule has 0 aliphatic rings. The Morgan fingerprint density at radius 2 is 2.15 bits per heavy atom. The van der Waals surface area contributed by atoms with Crippen LogP contribution in [0.3, 0.4) is 0 Å². The van der Waals surface area contributed by atoms with Gasteiger partial charge in [-0.3, -0.25) is 0 Å². The third-order valence-electron chi connectivity index (χ3n) is 1.99. The van der Waals surface area contributed by atoms with Gasteiger partial charge in [0.05, 0.1) is 0 Å². The molecule has 0 radical (unpaired) electrons. The molecule has 70 valence electrons. The van der Waals surface area contributed by atoms with E-state index < -0.39 is 0 Å². The summed E-state index contributed by atoms with van der Waals surface area (Å²) < 4.78 is 0. The molecule has 13 heavy (non-hydrogen) atoms. The fourth-order valence-electron chi connectivity index (χ4n) is 1.06. The van der Waals surface area contributed by atoms with Crippen molar-refractivity contribution in [2.24, 2.45) is 5.73 Å². The molecule has 1 aromatic rings. The summed E-state index contributed by atoms with van der Waals surface area (Å²) in [5, 5.41) is 3.32. The topological polar surface area (TPSA) is 38.0 Å². The maximum absolute atomic E-state index is 5.37. The minimum atomic E-state index is 0.807. The second-order valence-electron chi connectivity index (χ2n) is 3.18. The molecule has 0 aromatic heterocycles. The lowest BCUT2D eigenvalue weighted by Gasteiger charge is -2.08. The zero-order valence-corrected chi connectivity index (χ0v) is 8.17. The molecule has 2 heteroatoms. The summed E-state index contributed by atoms with van der Waals surface area (Å²) in [6, 6.07) is 8.21. The summed E-state index contributed by atoms with van der Waals surface area (Å²) in [6.45, 7) is 4.90. The minimum absolute atomic E-state index is 0.807. The fraction of sp³-hybridized carbons (Fsp3) is 0.273. The highest BCUT2D eigenvalue weighted by Gasteiger charge is 1.94. The van der Waals surface area contributed by atoms with Gasteiger partial charge < -0.3 is 11.1 Å². The summed E-state index contributed by atoms with van der Waals surface area (Å²) in [5.41, 5.74) is 8.94. The van der Waals surface area contributed by atoms with Crippen LogP contribution in [0, 0.1) is 6.92 Å². The number of rotatable bonds is 3. The standard InChI is InChI=1S/C11H16N2/c1-9(7-12)8-13-11-6-4-3-5-10(11)2/h3-7,13H,8,12H2,1-2H3/b9-7+. The lowest BCUT2D eigenvalue weighted by atomic mass is 10.2. The number of benzene rings is 1. The third-order valence-corrected chi connectivity index (χ3v) is 1.99. The predicted octanol–water partition coefficient (Wildman–Crippen LogP) is 2.27. The van der Waals surface area contributed by atoms with Gasteiger partial charge in [0.2, 0.25) is 0 Å². The van der Waals surface area contributed by atoms with Crippen LogP contribution >= 0.6 is 0 Å². The van der Waals surface area contributed by atoms with Crippen molar-refractivity contribution in [3.05, 3.63) is 41.6 Å². The Morgan fingerprint density at radius 1 is 1.46 bits per heavy atom. The minimum Gasteiger partial charge on any atom is -0.405 e. The molecule has 0 atom stereocenters. The zero-order valence-electron chi connectivity index (χ0n) is 8.17. The van der Waals surface area contributed by atoms with Gasteiger partial charge in [-0.2, -0.15) is 0 Å². The van der Waals surface area contributed by atoms with Crippen molar-refractivity contribution in [3.8, 4) is 0 Å². The summed E-state index contributed by atoms with van der Waals surface area (Å²) in [5.74, 6) is 0. The maximum Gasteiger partial charge on any atom is 0.0374 e. The number of hydrogen-bond donors (Lipinski definition) is 2. The summed E-state index contributed by atoms with van der Waals surface area (Å²) in [7, 11) is 0. The number of nitrogens with two attached hydrogens (primary N) is 1. The van der Waals surface area contributed by atoms with E-state index in [0.29, 0.717) is 0 Å². The highest BCUT2D eigenvalue weighted by atomic mass is 14.9. The number of nitrogens with one attached hydrogen (secondary N) is 1. The van der Waals surface area contributed by atoms with Gasteiger partial charge in [-0.25, -0.2) is 0 Å². The Balaban J connectivity index is 2.60. The first-order valence-electron chi connectivity index (χ1n) is 4.41. The quantitative estimate of drug-likeness (QED) is 0.741. The van der Waals surface area contributed by atoms with Crippen LogP contribution in [-0.4, -0.2) is 6.54 Å². The number of aryl methyl sites for hydroxylation is 1. The average Bonchev–Trinajstić information content (AvgIpc) is 2.16. The average molecular weight is 176 g/mol. The molecule has 0 saturated carbocycles. The van der Waals surface area contributed by atoms with Gasteiger partial charge in [-0.05, 0) is 37.3 Å². The predicted molar refractivity (Wildman–Crippen MR) is 57.6 cm³/mol. The van der Waals surface area contributed by atoms with Crippen LogP contribution in [-0.2, 0) is 0 Å². The lowest BCUT2D eigenvalue weighted by molar-refractivity contribution is 1.18. The Hall–Kier alpha value is -1.44. The van der Waals surface area contributed by atoms with E-state index in [1.807, 2.05) is 19.1 Å². The summed E-state index contributed by atoms with van der Waals surface area (Å²) >= 11 is 0. The van der Waals surface area contributed by atoms with Crippen LogP contribution in [0.4, 0.5) is 5.69 Å². The van der Waals surface area contributed by atoms with Crippen LogP contribution in [0.5, 0.6) is 0 Å². The fourth-order valence-corrected chi connectivity index (χ4v) is 1.06. The van der Waals surface area contributed by atoms with Crippen LogP contribution in [0.25, 0.3) is 0 Å². The summed E-state index contributed by atoms with van der Waals surface area (Å²) in [4.78, 5) is 0. The van der Waals surface area contributed by atoms with Gasteiger partial charge in [0, 0.05) is 12.2 Å². The van der Waals surface area contributed by atoms with Gasteiger partial charge in [-0.1, -0.05) is 18.2 Å². The largest absolute Gasteiger partial charge is 0.405 e. The van der Waals surface area contributed by atoms with E-state index in [9.17, 15) is 0 Å². The zero-order chi connectivity index (χ0) is 9.68. The van der Waals surface area contributed by atoms with E-state index in [-0.39, 0.29) is 0 Å². The number of para-hydroxylation sites is 1. The first-order valence-corrected chi connectivity index (χ1v) is 4.41. The first-order chi connectivity index (χ1) is 6.24. The first kappa shape index (κ1) is 9.65. The molecule has 0 aliphatic heterocycles. The molecule has 0 fully saturated rings. The highest BCUT2D eigenvalue weighted by molar-refractivity contribution is 5.50. The van der Waals surface area contributed by atoms with Crippen molar-refractivity contribution in [2.75, 3.05) is 11.9 Å². The van der Waals surface area contributed by atoms with Gasteiger partial charge >= 0.3 is 0 Å². The van der Waals surface area contributed by atoms with E-state index in [1.54, 1.807) is 6.20 Å². The molecule has 3 N–H and O–H groups in total. The molecule has 2 nitrogen and oxygen atoms in total. The van der Waals surface area contributed by atoms with Gasteiger partial charge in [0.1, 0.15) is 0 Å². The Morgan fingerprint density at radius 3 is 2.77 bits per heavy atom. The molecule has 0 bridgehead atoms. The Labute approximate surface area is 79.5 Å². The number of hydrogen-bond acceptors (Lipinski definition) is 2. The second kappa shape index (κ2) is 4.55. The molecule has 0 unspecified atom stereocenters. The third kappa shape index (κ3) is 2.82. The van der Waals surface area contributed by atoms with Crippen molar-refractivity contribution >= 4 is 5.69 Å². The van der Waals surface area contributed by atoms with Crippen LogP contribution < -0.4 is 11.1 Å². The molecule has 0 spiro atoms. The van der Waals surface area contributed by atoms with Crippen molar-refractivity contribution < 1.29 is 0 Å². The Kier molecular flexibility index (Phi) is 3.38. The molecule has 0 aliphatic carbocycles. The van der Waals surface area contributed by atoms with E-state index in [0.717, 1.165) is 12.1 Å². The molecule has 0 amide bonds. The normalized spacial score (nSPS) is 11.4. The Bertz CT molecular complexity index is 303. The molecule has 1 aromatic carbocycles. The molecular weight excluding hydrogens is 160 g/mol. The van der Waals surface area contributed by atoms with Crippen LogP contribution in [0.2, 0.25) is 0 Å². The highest BCUT2D eigenvalue weighted by Crippen LogP contribution is 2.13. The van der Waals surface area contributed by atoms with E-state index in [4.69, 9.17) is 5.73 Å². The molecular formula is C11H16N2. The van der Waals surface area contributed by atoms with Gasteiger partial charge in [0.25, 0.3) is 0 Å². The smallest absolute Gasteiger partial charge is 0.0374 e. The van der Waals surface area contributed by atoms with Crippen LogP contribution in [0.15, 0.2) is 36.0 Å². The van der Waals surface area contributed by atoms with Crippen molar-refractivity contribution in [1.82, 2.24) is 0 Å². The molecule has 1 rings (SSSR count). The van der Waals surface area contributed by atoms with Crippen molar-refractivity contribution in [1.29, 1.82) is 0 Å². The van der Waals surface area contributed by atoms with Gasteiger partial charge in [-0.15, -0.1) is 0 Å². The van der Waals surface area contributed by atoms with Crippen LogP contribution in [0.1, 0.15) is 12.5 Å². The van der Waals surface area contributed by atoms with E-state index in [1.165, 1.54) is 11.3 Å². The SMILES string of the molecule is C/C(=C\N)CNc1ccccc1C. The van der Waals surface area contributed by atoms with Crippen molar-refractivity contribution in [2.45, 2.75) is 13.8 Å². The van der Waals surface area contributed by atoms with Crippen molar-refractivity contribution in [3.63, 3.8) is 0 Å². The monoisotopic (exact) mass is 176 g/mol. The molecule has 0 saturated heterocycles. The molecule has 0 heterocycles. The van der Waals surface area contributed by atoms with E-state index in [2.05, 4.69) is 24.4 Å². The summed E-state index contributed by atoms with van der Waals surface area (Å²) in [6.07, 6.45) is 1.63. The van der Waals surface area contributed by atoms with E-state index >= 15 is 0 Å². The van der Waals surface area contributed by atoms with Gasteiger partial charge in [0.15, 0.2) is 0 Å². The lowest BCUT2D eigenvalue weighted by Crippen LogP contribution is -2.05.